The molecule has 18 heavy (non-hydrogen) atoms. The Morgan fingerprint density at radius 2 is 2.00 bits per heavy atom. The summed E-state index contributed by atoms with van der Waals surface area (Å²) in [5.41, 5.74) is 2.02. The fraction of sp³-hybridized carbons (Fsp3) is 0.643. The van der Waals surface area contributed by atoms with E-state index in [9.17, 15) is 0 Å². The lowest BCUT2D eigenvalue weighted by Crippen LogP contribution is -2.16. The second-order valence-corrected chi connectivity index (χ2v) is 4.37. The van der Waals surface area contributed by atoms with Gasteiger partial charge in [-0.2, -0.15) is 0 Å². The van der Waals surface area contributed by atoms with Crippen LogP contribution in [0.3, 0.4) is 0 Å². The zero-order valence-electron chi connectivity index (χ0n) is 11.7. The van der Waals surface area contributed by atoms with E-state index < -0.39 is 0 Å². The number of rotatable bonds is 9. The Hall–Kier alpha value is -1.13. The van der Waals surface area contributed by atoms with Crippen molar-refractivity contribution >= 4 is 0 Å². The molecule has 0 aliphatic rings. The Morgan fingerprint density at radius 1 is 1.17 bits per heavy atom. The van der Waals surface area contributed by atoms with Crippen LogP contribution in [0, 0.1) is 6.92 Å². The number of nitrogens with zero attached hydrogens (tertiary/aromatic N) is 1. The van der Waals surface area contributed by atoms with Gasteiger partial charge in [0.05, 0.1) is 12.8 Å². The van der Waals surface area contributed by atoms with Crippen LogP contribution in [-0.2, 0) is 11.3 Å². The number of ether oxygens (including phenoxy) is 2. The molecule has 4 heteroatoms. The average Bonchev–Trinajstić information content (AvgIpc) is 2.37. The monoisotopic (exact) mass is 252 g/mol. The number of hydrogen-bond acceptors (Lipinski definition) is 4. The van der Waals surface area contributed by atoms with Crippen molar-refractivity contribution in [3.8, 4) is 5.75 Å². The van der Waals surface area contributed by atoms with Gasteiger partial charge in [-0.1, -0.05) is 0 Å². The number of methoxy groups -OCH3 is 2. The normalized spacial score (nSPS) is 10.6. The third kappa shape index (κ3) is 5.98. The molecule has 4 nitrogen and oxygen atoms in total. The lowest BCUT2D eigenvalue weighted by atomic mass is 10.2. The largest absolute Gasteiger partial charge is 0.497 e. The minimum absolute atomic E-state index is 0.794. The van der Waals surface area contributed by atoms with E-state index in [4.69, 9.17) is 9.47 Å². The summed E-state index contributed by atoms with van der Waals surface area (Å²) in [6.45, 7) is 4.65. The molecule has 1 rings (SSSR count). The van der Waals surface area contributed by atoms with Crippen LogP contribution in [0.5, 0.6) is 5.75 Å². The van der Waals surface area contributed by atoms with Gasteiger partial charge in [0.2, 0.25) is 0 Å². The number of hydrogen-bond donors (Lipinski definition) is 1. The molecule has 0 saturated heterocycles. The van der Waals surface area contributed by atoms with Crippen molar-refractivity contribution in [1.82, 2.24) is 10.3 Å². The van der Waals surface area contributed by atoms with E-state index in [0.29, 0.717) is 0 Å². The van der Waals surface area contributed by atoms with E-state index in [-0.39, 0.29) is 0 Å². The molecule has 0 saturated carbocycles. The lowest BCUT2D eigenvalue weighted by molar-refractivity contribution is 0.192. The quantitative estimate of drug-likeness (QED) is 0.685. The van der Waals surface area contributed by atoms with E-state index >= 15 is 0 Å². The molecule has 0 radical (unpaired) electrons. The molecule has 0 aliphatic carbocycles. The first-order chi connectivity index (χ1) is 8.76. The molecule has 0 atom stereocenters. The summed E-state index contributed by atoms with van der Waals surface area (Å²) in [6.07, 6.45) is 3.51. The predicted molar refractivity (Wildman–Crippen MR) is 73.0 cm³/mol. The van der Waals surface area contributed by atoms with Gasteiger partial charge in [0.25, 0.3) is 0 Å². The smallest absolute Gasteiger partial charge is 0.122 e. The predicted octanol–water partition coefficient (Wildman–Crippen LogP) is 2.30. The van der Waals surface area contributed by atoms with Crippen LogP contribution < -0.4 is 10.1 Å². The summed E-state index contributed by atoms with van der Waals surface area (Å²) < 4.78 is 10.2. The third-order valence-electron chi connectivity index (χ3n) is 2.72. The molecule has 1 aromatic rings. The molecule has 0 aliphatic heterocycles. The summed E-state index contributed by atoms with van der Waals surface area (Å²) in [7, 11) is 3.43. The van der Waals surface area contributed by atoms with Crippen molar-refractivity contribution < 1.29 is 9.47 Å². The van der Waals surface area contributed by atoms with Crippen molar-refractivity contribution in [3.05, 3.63) is 23.5 Å². The molecule has 0 fully saturated rings. The van der Waals surface area contributed by atoms with Gasteiger partial charge in [-0.25, -0.2) is 0 Å². The summed E-state index contributed by atoms with van der Waals surface area (Å²) in [5.74, 6) is 0.874. The Bertz CT molecular complexity index is 343. The minimum Gasteiger partial charge on any atom is -0.497 e. The van der Waals surface area contributed by atoms with Gasteiger partial charge < -0.3 is 14.8 Å². The number of unbranched alkanes of at least 4 members (excludes halogenated alkanes) is 2. The number of nitrogens with one attached hydrogen (secondary N) is 1. The first kappa shape index (κ1) is 14.9. The highest BCUT2D eigenvalue weighted by Crippen LogP contribution is 2.12. The summed E-state index contributed by atoms with van der Waals surface area (Å²) in [6, 6.07) is 3.92. The summed E-state index contributed by atoms with van der Waals surface area (Å²) in [4.78, 5) is 4.47. The van der Waals surface area contributed by atoms with E-state index in [2.05, 4.69) is 10.3 Å². The van der Waals surface area contributed by atoms with Crippen molar-refractivity contribution in [1.29, 1.82) is 0 Å². The number of pyridine rings is 1. The van der Waals surface area contributed by atoms with Crippen molar-refractivity contribution in [3.63, 3.8) is 0 Å². The Kier molecular flexibility index (Phi) is 7.37. The maximum Gasteiger partial charge on any atom is 0.122 e. The summed E-state index contributed by atoms with van der Waals surface area (Å²) >= 11 is 0. The highest BCUT2D eigenvalue weighted by Gasteiger charge is 2.00. The lowest BCUT2D eigenvalue weighted by Gasteiger charge is -2.07. The zero-order chi connectivity index (χ0) is 13.2. The highest BCUT2D eigenvalue weighted by atomic mass is 16.5. The topological polar surface area (TPSA) is 43.4 Å². The van der Waals surface area contributed by atoms with Gasteiger partial charge in [-0.15, -0.1) is 0 Å². The minimum atomic E-state index is 0.794. The third-order valence-corrected chi connectivity index (χ3v) is 2.72. The van der Waals surface area contributed by atoms with E-state index in [1.54, 1.807) is 14.2 Å². The van der Waals surface area contributed by atoms with E-state index in [0.717, 1.165) is 43.3 Å². The fourth-order valence-electron chi connectivity index (χ4n) is 1.80. The first-order valence-corrected chi connectivity index (χ1v) is 6.47. The van der Waals surface area contributed by atoms with Gasteiger partial charge in [0.15, 0.2) is 0 Å². The SMILES string of the molecule is COCCCCCNCc1cc(OC)cc(C)n1. The Labute approximate surface area is 110 Å². The maximum atomic E-state index is 5.23. The molecule has 0 amide bonds. The van der Waals surface area contributed by atoms with Crippen molar-refractivity contribution in [2.75, 3.05) is 27.4 Å². The number of aryl methyl sites for hydroxylation is 1. The molecule has 0 unspecified atom stereocenters. The van der Waals surface area contributed by atoms with Gasteiger partial charge in [0, 0.05) is 38.1 Å². The van der Waals surface area contributed by atoms with E-state index in [1.807, 2.05) is 19.1 Å². The average molecular weight is 252 g/mol. The number of aromatic nitrogens is 1. The van der Waals surface area contributed by atoms with Crippen molar-refractivity contribution in [2.24, 2.45) is 0 Å². The maximum absolute atomic E-state index is 5.23. The standard InChI is InChI=1S/C14H24N2O2/c1-12-9-14(18-3)10-13(16-12)11-15-7-5-4-6-8-17-2/h9-10,15H,4-8,11H2,1-3H3. The second kappa shape index (κ2) is 8.89. The zero-order valence-corrected chi connectivity index (χ0v) is 11.7. The van der Waals surface area contributed by atoms with Gasteiger partial charge >= 0.3 is 0 Å². The van der Waals surface area contributed by atoms with Crippen LogP contribution in [-0.4, -0.2) is 32.4 Å². The molecular weight excluding hydrogens is 228 g/mol. The summed E-state index contributed by atoms with van der Waals surface area (Å²) in [5, 5.41) is 3.40. The van der Waals surface area contributed by atoms with Crippen molar-refractivity contribution in [2.45, 2.75) is 32.7 Å². The van der Waals surface area contributed by atoms with Gasteiger partial charge in [-0.3, -0.25) is 4.98 Å². The van der Waals surface area contributed by atoms with Crippen LogP contribution in [0.4, 0.5) is 0 Å². The van der Waals surface area contributed by atoms with Gasteiger partial charge in [0.1, 0.15) is 5.75 Å². The van der Waals surface area contributed by atoms with Crippen LogP contribution in [0.2, 0.25) is 0 Å². The van der Waals surface area contributed by atoms with Crippen LogP contribution in [0.15, 0.2) is 12.1 Å². The van der Waals surface area contributed by atoms with Crippen LogP contribution >= 0.6 is 0 Å². The fourth-order valence-corrected chi connectivity index (χ4v) is 1.80. The van der Waals surface area contributed by atoms with E-state index in [1.165, 1.54) is 12.8 Å². The first-order valence-electron chi connectivity index (χ1n) is 6.47. The Morgan fingerprint density at radius 3 is 2.72 bits per heavy atom. The molecule has 1 heterocycles. The Balaban J connectivity index is 2.20. The molecule has 0 spiro atoms. The molecule has 0 aromatic carbocycles. The molecule has 102 valence electrons. The highest BCUT2D eigenvalue weighted by molar-refractivity contribution is 5.26. The van der Waals surface area contributed by atoms with Crippen LogP contribution in [0.1, 0.15) is 30.7 Å². The van der Waals surface area contributed by atoms with Gasteiger partial charge in [-0.05, 0) is 32.7 Å². The molecule has 1 aromatic heterocycles. The second-order valence-electron chi connectivity index (χ2n) is 4.37. The molecule has 1 N–H and O–H groups in total. The molecule has 0 bridgehead atoms. The van der Waals surface area contributed by atoms with Crippen LogP contribution in [0.25, 0.3) is 0 Å². The molecular formula is C14H24N2O2.